The largest absolute Gasteiger partial charge is 0.416 e. The number of benzene rings is 1. The van der Waals surface area contributed by atoms with Gasteiger partial charge in [-0.2, -0.15) is 13.2 Å². The fourth-order valence-corrected chi connectivity index (χ4v) is 2.16. The summed E-state index contributed by atoms with van der Waals surface area (Å²) in [5.41, 5.74) is 2.74. The summed E-state index contributed by atoms with van der Waals surface area (Å²) in [6, 6.07) is 3.45. The first-order valence-electron chi connectivity index (χ1n) is 5.95. The van der Waals surface area contributed by atoms with Gasteiger partial charge in [0.05, 0.1) is 5.56 Å². The van der Waals surface area contributed by atoms with Crippen LogP contribution >= 0.6 is 0 Å². The maximum Gasteiger partial charge on any atom is 0.416 e. The van der Waals surface area contributed by atoms with Crippen LogP contribution in [0.5, 0.6) is 0 Å². The van der Waals surface area contributed by atoms with Gasteiger partial charge in [-0.3, -0.25) is 0 Å². The molecule has 0 radical (unpaired) electrons. The number of alkyl halides is 4. The van der Waals surface area contributed by atoms with Crippen molar-refractivity contribution in [3.05, 3.63) is 52.1 Å². The fourth-order valence-electron chi connectivity index (χ4n) is 2.16. The Hall–Kier alpha value is -1.58. The third-order valence-corrected chi connectivity index (χ3v) is 3.36. The molecule has 0 heterocycles. The van der Waals surface area contributed by atoms with E-state index in [4.69, 9.17) is 0 Å². The molecule has 0 saturated heterocycles. The minimum atomic E-state index is -4.45. The van der Waals surface area contributed by atoms with Crippen LogP contribution in [-0.4, -0.2) is 0 Å². The van der Waals surface area contributed by atoms with E-state index in [1.165, 1.54) is 6.07 Å². The van der Waals surface area contributed by atoms with Crippen molar-refractivity contribution >= 4 is 5.57 Å². The van der Waals surface area contributed by atoms with Crippen molar-refractivity contribution in [1.29, 1.82) is 0 Å². The molecule has 1 aliphatic carbocycles. The van der Waals surface area contributed by atoms with E-state index < -0.39 is 18.4 Å². The molecule has 102 valence electrons. The lowest BCUT2D eigenvalue weighted by Crippen LogP contribution is -2.06. The molecule has 0 N–H and O–H groups in total. The molecule has 0 fully saturated rings. The maximum absolute atomic E-state index is 12.8. The van der Waals surface area contributed by atoms with Crippen molar-refractivity contribution in [2.75, 3.05) is 0 Å². The van der Waals surface area contributed by atoms with Gasteiger partial charge in [0.1, 0.15) is 6.67 Å². The normalized spacial score (nSPS) is 16.0. The molecular weight excluding hydrogens is 256 g/mol. The van der Waals surface area contributed by atoms with Gasteiger partial charge in [-0.05, 0) is 55.2 Å². The quantitative estimate of drug-likeness (QED) is 0.640. The molecule has 4 heteroatoms. The van der Waals surface area contributed by atoms with E-state index in [-0.39, 0.29) is 5.56 Å². The zero-order valence-electron chi connectivity index (χ0n) is 10.7. The first-order valence-corrected chi connectivity index (χ1v) is 5.95. The average molecular weight is 270 g/mol. The smallest absolute Gasteiger partial charge is 0.246 e. The van der Waals surface area contributed by atoms with E-state index in [2.05, 4.69) is 0 Å². The Morgan fingerprint density at radius 1 is 1.11 bits per heavy atom. The molecule has 0 nitrogen and oxygen atoms in total. The first-order chi connectivity index (χ1) is 8.81. The van der Waals surface area contributed by atoms with Crippen LogP contribution in [0, 0.1) is 0 Å². The van der Waals surface area contributed by atoms with Gasteiger partial charge in [0, 0.05) is 0 Å². The Kier molecular flexibility index (Phi) is 3.52. The summed E-state index contributed by atoms with van der Waals surface area (Å²) >= 11 is 0. The summed E-state index contributed by atoms with van der Waals surface area (Å²) in [5, 5.41) is 0. The van der Waals surface area contributed by atoms with Gasteiger partial charge in [0.2, 0.25) is 0 Å². The zero-order chi connectivity index (χ0) is 14.2. The SMILES string of the molecule is CC1=C(C)CC(c2cc(CF)cc(C(F)(F)F)c2)=C1. The Bertz CT molecular complexity index is 562. The monoisotopic (exact) mass is 270 g/mol. The molecule has 1 aromatic carbocycles. The molecule has 0 aliphatic heterocycles. The minimum Gasteiger partial charge on any atom is -0.246 e. The molecule has 0 aromatic heterocycles. The molecule has 0 unspecified atom stereocenters. The summed E-state index contributed by atoms with van der Waals surface area (Å²) in [6.45, 7) is 2.98. The number of rotatable bonds is 2. The third-order valence-electron chi connectivity index (χ3n) is 3.36. The molecule has 0 spiro atoms. The average Bonchev–Trinajstić information content (AvgIpc) is 2.68. The van der Waals surface area contributed by atoms with Crippen LogP contribution in [0.25, 0.3) is 5.57 Å². The van der Waals surface area contributed by atoms with Crippen molar-refractivity contribution < 1.29 is 17.6 Å². The van der Waals surface area contributed by atoms with Crippen LogP contribution in [-0.2, 0) is 12.9 Å². The van der Waals surface area contributed by atoms with E-state index in [1.807, 2.05) is 19.9 Å². The van der Waals surface area contributed by atoms with Crippen LogP contribution in [0.3, 0.4) is 0 Å². The van der Waals surface area contributed by atoms with Crippen LogP contribution in [0.1, 0.15) is 37.0 Å². The Morgan fingerprint density at radius 3 is 2.26 bits per heavy atom. The number of hydrogen-bond donors (Lipinski definition) is 0. The minimum absolute atomic E-state index is 0.0629. The molecule has 2 rings (SSSR count). The molecular formula is C15H14F4. The summed E-state index contributed by atoms with van der Waals surface area (Å²) in [7, 11) is 0. The highest BCUT2D eigenvalue weighted by Gasteiger charge is 2.31. The van der Waals surface area contributed by atoms with Gasteiger partial charge >= 0.3 is 6.18 Å². The van der Waals surface area contributed by atoms with Crippen LogP contribution in [0.4, 0.5) is 17.6 Å². The highest BCUT2D eigenvalue weighted by Crippen LogP contribution is 2.36. The van der Waals surface area contributed by atoms with Crippen molar-refractivity contribution in [2.45, 2.75) is 33.1 Å². The highest BCUT2D eigenvalue weighted by atomic mass is 19.4. The lowest BCUT2D eigenvalue weighted by Gasteiger charge is -2.12. The Labute approximate surface area is 109 Å². The van der Waals surface area contributed by atoms with E-state index in [0.29, 0.717) is 12.0 Å². The predicted octanol–water partition coefficient (Wildman–Crippen LogP) is 5.30. The van der Waals surface area contributed by atoms with Gasteiger partial charge in [0.15, 0.2) is 0 Å². The Morgan fingerprint density at radius 2 is 1.79 bits per heavy atom. The lowest BCUT2D eigenvalue weighted by molar-refractivity contribution is -0.137. The van der Waals surface area contributed by atoms with E-state index in [1.54, 1.807) is 0 Å². The molecule has 0 saturated carbocycles. The van der Waals surface area contributed by atoms with Gasteiger partial charge in [-0.25, -0.2) is 4.39 Å². The Balaban J connectivity index is 2.45. The summed E-state index contributed by atoms with van der Waals surface area (Å²) in [5.74, 6) is 0. The standard InChI is InChI=1S/C15H14F4/c1-9-3-12(4-10(9)2)13-5-11(8-16)6-14(7-13)15(17,18)19/h3,5-7H,4,8H2,1-2H3. The van der Waals surface area contributed by atoms with Crippen molar-refractivity contribution in [3.63, 3.8) is 0 Å². The number of halogens is 4. The fraction of sp³-hybridized carbons (Fsp3) is 0.333. The van der Waals surface area contributed by atoms with Crippen LogP contribution < -0.4 is 0 Å². The maximum atomic E-state index is 12.8. The van der Waals surface area contributed by atoms with Crippen molar-refractivity contribution in [2.24, 2.45) is 0 Å². The lowest BCUT2D eigenvalue weighted by atomic mass is 9.98. The highest BCUT2D eigenvalue weighted by molar-refractivity contribution is 5.74. The topological polar surface area (TPSA) is 0 Å². The second kappa shape index (κ2) is 4.83. The van der Waals surface area contributed by atoms with Gasteiger partial charge < -0.3 is 0 Å². The molecule has 19 heavy (non-hydrogen) atoms. The van der Waals surface area contributed by atoms with Crippen molar-refractivity contribution in [3.8, 4) is 0 Å². The van der Waals surface area contributed by atoms with E-state index in [9.17, 15) is 17.6 Å². The summed E-state index contributed by atoms with van der Waals surface area (Å²) in [4.78, 5) is 0. The molecule has 1 aromatic rings. The number of hydrogen-bond acceptors (Lipinski definition) is 0. The summed E-state index contributed by atoms with van der Waals surface area (Å²) < 4.78 is 51.0. The molecule has 0 amide bonds. The third kappa shape index (κ3) is 2.88. The zero-order valence-corrected chi connectivity index (χ0v) is 10.7. The molecule has 0 atom stereocenters. The van der Waals surface area contributed by atoms with E-state index >= 15 is 0 Å². The van der Waals surface area contributed by atoms with Gasteiger partial charge in [0.25, 0.3) is 0 Å². The number of allylic oxidation sites excluding steroid dienone is 4. The second-order valence-corrected chi connectivity index (χ2v) is 4.86. The first kappa shape index (κ1) is 13.8. The molecule has 0 bridgehead atoms. The summed E-state index contributed by atoms with van der Waals surface area (Å²) in [6.07, 6.45) is -1.96. The van der Waals surface area contributed by atoms with Gasteiger partial charge in [-0.15, -0.1) is 0 Å². The predicted molar refractivity (Wildman–Crippen MR) is 67.2 cm³/mol. The second-order valence-electron chi connectivity index (χ2n) is 4.86. The van der Waals surface area contributed by atoms with Crippen LogP contribution in [0.2, 0.25) is 0 Å². The van der Waals surface area contributed by atoms with Gasteiger partial charge in [-0.1, -0.05) is 17.2 Å². The van der Waals surface area contributed by atoms with Crippen LogP contribution in [0.15, 0.2) is 35.4 Å². The molecule has 1 aliphatic rings. The van der Waals surface area contributed by atoms with Crippen molar-refractivity contribution in [1.82, 2.24) is 0 Å². The van der Waals surface area contributed by atoms with E-state index in [0.717, 1.165) is 28.9 Å².